The fraction of sp³-hybridized carbons (Fsp3) is 0.625. The molecule has 1 heteroatoms. The van der Waals surface area contributed by atoms with E-state index in [2.05, 4.69) is 52.0 Å². The van der Waals surface area contributed by atoms with Crippen LogP contribution < -0.4 is 0 Å². The molecule has 0 saturated carbocycles. The second-order valence-electron chi connectivity index (χ2n) is 5.46. The van der Waals surface area contributed by atoms with Gasteiger partial charge in [0.15, 0.2) is 0 Å². The first-order valence-corrected chi connectivity index (χ1v) is 7.27. The molecule has 1 aromatic rings. The quantitative estimate of drug-likeness (QED) is 0.581. The predicted molar refractivity (Wildman–Crippen MR) is 78.1 cm³/mol. The molecular formula is C16H25Cl. The molecule has 0 saturated heterocycles. The van der Waals surface area contributed by atoms with Gasteiger partial charge in [-0.25, -0.2) is 0 Å². The van der Waals surface area contributed by atoms with Gasteiger partial charge in [-0.05, 0) is 41.7 Å². The number of alkyl halides is 1. The molecule has 0 N–H and O–H groups in total. The summed E-state index contributed by atoms with van der Waals surface area (Å²) in [4.78, 5) is 0. The number of halogens is 1. The van der Waals surface area contributed by atoms with E-state index in [0.29, 0.717) is 17.8 Å². The number of hydrogen-bond acceptors (Lipinski definition) is 0. The highest BCUT2D eigenvalue weighted by molar-refractivity contribution is 6.18. The standard InChI is InChI=1S/C16H25Cl/c1-5-13(4)14-6-8-15(9-7-14)16(11-17)10-12(2)3/h6-9,12-13,16H,5,10-11H2,1-4H3. The first kappa shape index (κ1) is 14.6. The molecule has 0 radical (unpaired) electrons. The van der Waals surface area contributed by atoms with E-state index < -0.39 is 0 Å². The highest BCUT2D eigenvalue weighted by atomic mass is 35.5. The lowest BCUT2D eigenvalue weighted by Gasteiger charge is -2.18. The monoisotopic (exact) mass is 252 g/mol. The molecule has 0 amide bonds. The number of benzene rings is 1. The van der Waals surface area contributed by atoms with Crippen molar-refractivity contribution in [2.24, 2.45) is 5.92 Å². The predicted octanol–water partition coefficient (Wildman–Crippen LogP) is 5.57. The number of hydrogen-bond donors (Lipinski definition) is 0. The van der Waals surface area contributed by atoms with Crippen molar-refractivity contribution in [2.75, 3.05) is 5.88 Å². The summed E-state index contributed by atoms with van der Waals surface area (Å²) in [6.45, 7) is 9.03. The number of rotatable bonds is 6. The topological polar surface area (TPSA) is 0 Å². The average molecular weight is 253 g/mol. The Hall–Kier alpha value is -0.490. The zero-order chi connectivity index (χ0) is 12.8. The van der Waals surface area contributed by atoms with Gasteiger partial charge in [0.05, 0.1) is 0 Å². The minimum atomic E-state index is 0.502. The van der Waals surface area contributed by atoms with Gasteiger partial charge in [-0.1, -0.05) is 52.0 Å². The van der Waals surface area contributed by atoms with Crippen LogP contribution in [-0.4, -0.2) is 5.88 Å². The van der Waals surface area contributed by atoms with Gasteiger partial charge in [-0.3, -0.25) is 0 Å². The van der Waals surface area contributed by atoms with Gasteiger partial charge in [0.25, 0.3) is 0 Å². The molecule has 2 atom stereocenters. The summed E-state index contributed by atoms with van der Waals surface area (Å²) in [6.07, 6.45) is 2.37. The average Bonchev–Trinajstić information content (AvgIpc) is 2.35. The van der Waals surface area contributed by atoms with Crippen molar-refractivity contribution in [3.63, 3.8) is 0 Å². The Morgan fingerprint density at radius 2 is 1.53 bits per heavy atom. The second-order valence-corrected chi connectivity index (χ2v) is 5.77. The van der Waals surface area contributed by atoms with Crippen LogP contribution >= 0.6 is 11.6 Å². The normalized spacial score (nSPS) is 14.9. The summed E-state index contributed by atoms with van der Waals surface area (Å²) in [5, 5.41) is 0. The van der Waals surface area contributed by atoms with Gasteiger partial charge >= 0.3 is 0 Å². The van der Waals surface area contributed by atoms with Crippen molar-refractivity contribution in [1.29, 1.82) is 0 Å². The molecule has 0 nitrogen and oxygen atoms in total. The summed E-state index contributed by atoms with van der Waals surface area (Å²) >= 11 is 6.08. The van der Waals surface area contributed by atoms with E-state index in [1.54, 1.807) is 0 Å². The van der Waals surface area contributed by atoms with Crippen LogP contribution in [0.4, 0.5) is 0 Å². The van der Waals surface area contributed by atoms with Crippen LogP contribution in [0, 0.1) is 5.92 Å². The Morgan fingerprint density at radius 1 is 1.00 bits per heavy atom. The molecule has 0 fully saturated rings. The first-order valence-electron chi connectivity index (χ1n) is 6.74. The van der Waals surface area contributed by atoms with Crippen LogP contribution in [0.1, 0.15) is 63.5 Å². The van der Waals surface area contributed by atoms with Crippen LogP contribution in [0.25, 0.3) is 0 Å². The maximum Gasteiger partial charge on any atom is 0.0292 e. The van der Waals surface area contributed by atoms with E-state index in [0.717, 1.165) is 5.88 Å². The largest absolute Gasteiger partial charge is 0.126 e. The molecule has 17 heavy (non-hydrogen) atoms. The molecule has 1 aromatic carbocycles. The molecule has 0 aliphatic heterocycles. The molecule has 96 valence electrons. The SMILES string of the molecule is CCC(C)c1ccc(C(CCl)CC(C)C)cc1. The Labute approximate surface area is 111 Å². The van der Waals surface area contributed by atoms with Crippen molar-refractivity contribution in [3.05, 3.63) is 35.4 Å². The Kier molecular flexibility index (Phi) is 6.05. The van der Waals surface area contributed by atoms with E-state index in [9.17, 15) is 0 Å². The van der Waals surface area contributed by atoms with Gasteiger partial charge in [-0.2, -0.15) is 0 Å². The lowest BCUT2D eigenvalue weighted by atomic mass is 9.89. The van der Waals surface area contributed by atoms with E-state index in [4.69, 9.17) is 11.6 Å². The van der Waals surface area contributed by atoms with Crippen LogP contribution in [0.5, 0.6) is 0 Å². The summed E-state index contributed by atoms with van der Waals surface area (Å²) in [5.41, 5.74) is 2.83. The highest BCUT2D eigenvalue weighted by Gasteiger charge is 2.12. The van der Waals surface area contributed by atoms with Crippen molar-refractivity contribution in [3.8, 4) is 0 Å². The molecule has 0 aliphatic carbocycles. The Bertz CT molecular complexity index is 313. The molecule has 2 unspecified atom stereocenters. The maximum absolute atomic E-state index is 6.08. The first-order chi connectivity index (χ1) is 8.08. The maximum atomic E-state index is 6.08. The Balaban J connectivity index is 2.77. The summed E-state index contributed by atoms with van der Waals surface area (Å²) < 4.78 is 0. The van der Waals surface area contributed by atoms with Crippen molar-refractivity contribution in [1.82, 2.24) is 0 Å². The highest BCUT2D eigenvalue weighted by Crippen LogP contribution is 2.27. The van der Waals surface area contributed by atoms with Crippen LogP contribution in [-0.2, 0) is 0 Å². The van der Waals surface area contributed by atoms with Crippen molar-refractivity contribution >= 4 is 11.6 Å². The van der Waals surface area contributed by atoms with Crippen molar-refractivity contribution in [2.45, 2.75) is 52.4 Å². The third-order valence-corrected chi connectivity index (χ3v) is 3.90. The zero-order valence-electron chi connectivity index (χ0n) is 11.5. The zero-order valence-corrected chi connectivity index (χ0v) is 12.3. The molecule has 0 spiro atoms. The van der Waals surface area contributed by atoms with Crippen LogP contribution in [0.15, 0.2) is 24.3 Å². The van der Waals surface area contributed by atoms with Crippen molar-refractivity contribution < 1.29 is 0 Å². The molecule has 1 rings (SSSR count). The van der Waals surface area contributed by atoms with Gasteiger partial charge in [-0.15, -0.1) is 11.6 Å². The molecule has 0 aliphatic rings. The second kappa shape index (κ2) is 7.06. The van der Waals surface area contributed by atoms with E-state index in [1.807, 2.05) is 0 Å². The minimum absolute atomic E-state index is 0.502. The van der Waals surface area contributed by atoms with Crippen LogP contribution in [0.3, 0.4) is 0 Å². The third-order valence-electron chi connectivity index (χ3n) is 3.53. The molecule has 0 bridgehead atoms. The Morgan fingerprint density at radius 3 is 1.94 bits per heavy atom. The van der Waals surface area contributed by atoms with Gasteiger partial charge in [0, 0.05) is 5.88 Å². The summed E-state index contributed by atoms with van der Waals surface area (Å²) in [5.74, 6) is 2.58. The summed E-state index contributed by atoms with van der Waals surface area (Å²) in [6, 6.07) is 9.06. The summed E-state index contributed by atoms with van der Waals surface area (Å²) in [7, 11) is 0. The van der Waals surface area contributed by atoms with Gasteiger partial charge < -0.3 is 0 Å². The lowest BCUT2D eigenvalue weighted by Crippen LogP contribution is -2.05. The third kappa shape index (κ3) is 4.35. The van der Waals surface area contributed by atoms with Gasteiger partial charge in [0.2, 0.25) is 0 Å². The van der Waals surface area contributed by atoms with E-state index in [1.165, 1.54) is 24.0 Å². The fourth-order valence-electron chi connectivity index (χ4n) is 2.19. The van der Waals surface area contributed by atoms with E-state index >= 15 is 0 Å². The lowest BCUT2D eigenvalue weighted by molar-refractivity contribution is 0.526. The smallest absolute Gasteiger partial charge is 0.0292 e. The minimum Gasteiger partial charge on any atom is -0.126 e. The molecule has 0 heterocycles. The van der Waals surface area contributed by atoms with Gasteiger partial charge in [0.1, 0.15) is 0 Å². The molecule has 0 aromatic heterocycles. The fourth-order valence-corrected chi connectivity index (χ4v) is 2.49. The molecular weight excluding hydrogens is 228 g/mol. The van der Waals surface area contributed by atoms with Crippen LogP contribution in [0.2, 0.25) is 0 Å². The van der Waals surface area contributed by atoms with E-state index in [-0.39, 0.29) is 0 Å².